The molecule has 0 radical (unpaired) electrons. The topological polar surface area (TPSA) is 181 Å². The number of fused-ring (bicyclic) bond motifs is 1. The summed E-state index contributed by atoms with van der Waals surface area (Å²) in [4.78, 5) is 15.1. The highest BCUT2D eigenvalue weighted by molar-refractivity contribution is 7.89. The fraction of sp³-hybridized carbons (Fsp3) is 0.423. The van der Waals surface area contributed by atoms with Gasteiger partial charge in [-0.3, -0.25) is 4.79 Å². The molecule has 0 bridgehead atoms. The number of primary sulfonamides is 1. The quantitative estimate of drug-likeness (QED) is 0.271. The van der Waals surface area contributed by atoms with E-state index in [9.17, 15) is 31.1 Å². The minimum atomic E-state index is -4.11. The fourth-order valence-electron chi connectivity index (χ4n) is 5.26. The maximum atomic E-state index is 13.7. The Labute approximate surface area is 236 Å². The molecular weight excluding hydrogens is 579 g/mol. The zero-order chi connectivity index (χ0) is 29.4. The molecule has 0 aliphatic carbocycles. The molecule has 5 rings (SSSR count). The Balaban J connectivity index is 1.13. The van der Waals surface area contributed by atoms with Gasteiger partial charge in [0, 0.05) is 48.8 Å². The average molecular weight is 611 g/mol. The van der Waals surface area contributed by atoms with Crippen LogP contribution in [0.4, 0.5) is 4.39 Å². The molecule has 222 valence electrons. The number of aromatic nitrogens is 1. The van der Waals surface area contributed by atoms with Gasteiger partial charge in [-0.25, -0.2) is 26.4 Å². The van der Waals surface area contributed by atoms with Gasteiger partial charge in [0.1, 0.15) is 29.2 Å². The summed E-state index contributed by atoms with van der Waals surface area (Å²) in [6.07, 6.45) is 1.73. The monoisotopic (exact) mass is 610 g/mol. The number of aliphatic hydroxyl groups excluding tert-OH is 1. The highest BCUT2D eigenvalue weighted by Crippen LogP contribution is 2.37. The van der Waals surface area contributed by atoms with Gasteiger partial charge in [-0.05, 0) is 49.6 Å². The van der Waals surface area contributed by atoms with Crippen LogP contribution in [-0.2, 0) is 24.8 Å². The lowest BCUT2D eigenvalue weighted by Crippen LogP contribution is -2.47. The molecule has 41 heavy (non-hydrogen) atoms. The summed E-state index contributed by atoms with van der Waals surface area (Å²) >= 11 is 0. The van der Waals surface area contributed by atoms with Crippen LogP contribution in [0.2, 0.25) is 0 Å². The molecule has 15 heteroatoms. The number of aliphatic hydroxyl groups is 1. The van der Waals surface area contributed by atoms with E-state index in [0.29, 0.717) is 31.4 Å². The summed E-state index contributed by atoms with van der Waals surface area (Å²) in [5, 5.41) is 18.7. The van der Waals surface area contributed by atoms with Crippen LogP contribution in [0, 0.1) is 5.82 Å². The van der Waals surface area contributed by atoms with Crippen molar-refractivity contribution in [1.82, 2.24) is 14.6 Å². The van der Waals surface area contributed by atoms with Crippen LogP contribution >= 0.6 is 0 Å². The molecule has 2 aliphatic rings. The van der Waals surface area contributed by atoms with Crippen molar-refractivity contribution in [1.29, 1.82) is 0 Å². The van der Waals surface area contributed by atoms with E-state index in [1.165, 1.54) is 34.6 Å². The number of ether oxygens (including phenoxy) is 2. The zero-order valence-corrected chi connectivity index (χ0v) is 23.6. The number of aromatic amines is 1. The molecule has 3 heterocycles. The minimum Gasteiger partial charge on any atom is -0.491 e. The average Bonchev–Trinajstić information content (AvgIpc) is 3.33. The smallest absolute Gasteiger partial charge is 0.248 e. The van der Waals surface area contributed by atoms with Crippen LogP contribution < -0.4 is 20.6 Å². The number of rotatable bonds is 9. The van der Waals surface area contributed by atoms with E-state index >= 15 is 0 Å². The molecule has 2 atom stereocenters. The largest absolute Gasteiger partial charge is 0.491 e. The second-order valence-electron chi connectivity index (χ2n) is 10.4. The van der Waals surface area contributed by atoms with Crippen molar-refractivity contribution in [2.75, 3.05) is 32.8 Å². The summed E-state index contributed by atoms with van der Waals surface area (Å²) in [6.45, 7) is 0.818. The number of hydrogen-bond acceptors (Lipinski definition) is 9. The van der Waals surface area contributed by atoms with Gasteiger partial charge in [-0.15, -0.1) is 0 Å². The Morgan fingerprint density at radius 1 is 1.20 bits per heavy atom. The lowest BCUT2D eigenvalue weighted by Gasteiger charge is -2.37. The van der Waals surface area contributed by atoms with Gasteiger partial charge in [0.25, 0.3) is 0 Å². The number of sulfonamides is 2. The van der Waals surface area contributed by atoms with Crippen molar-refractivity contribution in [3.05, 3.63) is 64.7 Å². The summed E-state index contributed by atoms with van der Waals surface area (Å²) in [6, 6.07) is 9.21. The van der Waals surface area contributed by atoms with Gasteiger partial charge >= 0.3 is 0 Å². The Bertz CT molecular complexity index is 1710. The molecule has 1 aromatic heterocycles. The van der Waals surface area contributed by atoms with Gasteiger partial charge in [0.15, 0.2) is 0 Å². The van der Waals surface area contributed by atoms with Crippen molar-refractivity contribution in [3.63, 3.8) is 0 Å². The van der Waals surface area contributed by atoms with Gasteiger partial charge in [-0.2, -0.15) is 4.31 Å². The molecular formula is C26H31FN4O8S2. The number of H-pyrrole nitrogens is 1. The number of hydrogen-bond donors (Lipinski definition) is 4. The molecule has 2 saturated heterocycles. The van der Waals surface area contributed by atoms with E-state index in [2.05, 4.69) is 10.3 Å². The molecule has 1 spiro atoms. The van der Waals surface area contributed by atoms with Crippen LogP contribution in [0.15, 0.2) is 63.2 Å². The van der Waals surface area contributed by atoms with E-state index in [0.717, 1.165) is 12.3 Å². The maximum absolute atomic E-state index is 13.7. The van der Waals surface area contributed by atoms with Crippen LogP contribution in [0.3, 0.4) is 0 Å². The molecule has 12 nitrogen and oxygen atoms in total. The van der Waals surface area contributed by atoms with E-state index < -0.39 is 47.9 Å². The van der Waals surface area contributed by atoms with E-state index in [1.807, 2.05) is 0 Å². The Morgan fingerprint density at radius 2 is 1.95 bits per heavy atom. The standard InChI is InChI=1S/C26H31FN4O8S2/c27-17-4-5-23-22(10-17)25(33)24(14-30-23)41(36,37)31-8-6-26(7-9-31)12-18(15-39-26)29-13-19(32)16-38-20-2-1-3-21(11-20)40(28,34)35/h1-5,10-11,14,18-19,29,32H,6-9,12-13,15-16H2,(H,30,33)(H2,28,34,35)/t18?,19-/m0/s1. The Hall–Kier alpha value is -2.92. The van der Waals surface area contributed by atoms with Crippen molar-refractivity contribution >= 4 is 30.9 Å². The van der Waals surface area contributed by atoms with Crippen LogP contribution in [0.25, 0.3) is 10.9 Å². The minimum absolute atomic E-state index is 0.0304. The molecule has 2 aliphatic heterocycles. The highest BCUT2D eigenvalue weighted by atomic mass is 32.2. The Kier molecular flexibility index (Phi) is 8.22. The molecule has 3 aromatic rings. The van der Waals surface area contributed by atoms with Gasteiger partial charge in [0.2, 0.25) is 25.5 Å². The van der Waals surface area contributed by atoms with Crippen LogP contribution in [0.5, 0.6) is 5.75 Å². The second kappa shape index (κ2) is 11.4. The molecule has 1 unspecified atom stereocenters. The van der Waals surface area contributed by atoms with Gasteiger partial charge < -0.3 is 24.9 Å². The molecule has 2 fully saturated rings. The first-order valence-corrected chi connectivity index (χ1v) is 16.0. The summed E-state index contributed by atoms with van der Waals surface area (Å²) in [5.41, 5.74) is -0.934. The van der Waals surface area contributed by atoms with Gasteiger partial charge in [-0.1, -0.05) is 6.07 Å². The number of piperidine rings is 1. The molecule has 5 N–H and O–H groups in total. The lowest BCUT2D eigenvalue weighted by atomic mass is 9.88. The first-order chi connectivity index (χ1) is 19.4. The summed E-state index contributed by atoms with van der Waals surface area (Å²) in [5.74, 6) is -0.368. The van der Waals surface area contributed by atoms with Crippen molar-refractivity contribution in [2.24, 2.45) is 5.14 Å². The third-order valence-electron chi connectivity index (χ3n) is 7.49. The zero-order valence-electron chi connectivity index (χ0n) is 22.0. The predicted molar refractivity (Wildman–Crippen MR) is 147 cm³/mol. The number of pyridine rings is 1. The molecule has 2 aromatic carbocycles. The first-order valence-electron chi connectivity index (χ1n) is 13.0. The normalized spacial score (nSPS) is 20.4. The third-order valence-corrected chi connectivity index (χ3v) is 10.3. The number of nitrogens with one attached hydrogen (secondary N) is 2. The second-order valence-corrected chi connectivity index (χ2v) is 13.8. The summed E-state index contributed by atoms with van der Waals surface area (Å²) < 4.78 is 76.1. The number of nitrogens with zero attached hydrogens (tertiary/aromatic N) is 1. The fourth-order valence-corrected chi connectivity index (χ4v) is 7.30. The van der Waals surface area contributed by atoms with E-state index in [1.54, 1.807) is 6.07 Å². The predicted octanol–water partition coefficient (Wildman–Crippen LogP) is 0.656. The number of halogens is 1. The van der Waals surface area contributed by atoms with Gasteiger partial charge in [0.05, 0.1) is 17.1 Å². The van der Waals surface area contributed by atoms with Crippen LogP contribution in [0.1, 0.15) is 19.3 Å². The third kappa shape index (κ3) is 6.45. The van der Waals surface area contributed by atoms with Crippen molar-refractivity contribution in [3.8, 4) is 5.75 Å². The molecule has 0 amide bonds. The van der Waals surface area contributed by atoms with Crippen molar-refractivity contribution < 1.29 is 35.8 Å². The number of benzene rings is 2. The molecule has 0 saturated carbocycles. The van der Waals surface area contributed by atoms with Crippen LogP contribution in [-0.4, -0.2) is 81.8 Å². The lowest BCUT2D eigenvalue weighted by molar-refractivity contribution is -0.0312. The number of nitrogens with two attached hydrogens (primary N) is 1. The summed E-state index contributed by atoms with van der Waals surface area (Å²) in [7, 11) is -7.98. The van der Waals surface area contributed by atoms with Crippen molar-refractivity contribution in [2.45, 2.75) is 46.8 Å². The Morgan fingerprint density at radius 3 is 2.68 bits per heavy atom. The van der Waals surface area contributed by atoms with E-state index in [-0.39, 0.29) is 48.3 Å². The maximum Gasteiger partial charge on any atom is 0.248 e. The van der Waals surface area contributed by atoms with E-state index in [4.69, 9.17) is 14.6 Å². The highest BCUT2D eigenvalue weighted by Gasteiger charge is 2.45. The first kappa shape index (κ1) is 29.6. The SMILES string of the molecule is NS(=O)(=O)c1cccc(OC[C@@H](O)CNC2COC3(CCN(S(=O)(=O)c4c[nH]c5ccc(F)cc5c4=O)CC3)C2)c1.